The highest BCUT2D eigenvalue weighted by atomic mass is 16.3. The van der Waals surface area contributed by atoms with Gasteiger partial charge in [-0.3, -0.25) is 0 Å². The van der Waals surface area contributed by atoms with Gasteiger partial charge in [0.05, 0.1) is 13.7 Å². The molecule has 0 spiro atoms. The third kappa shape index (κ3) is 4.17. The molecule has 210 valence electrons. The second kappa shape index (κ2) is 10.4. The molecule has 0 aliphatic rings. The fourth-order valence-corrected chi connectivity index (χ4v) is 6.54. The smallest absolute Gasteiger partial charge is 0.136 e. The van der Waals surface area contributed by atoms with Crippen LogP contribution in [0.1, 0.15) is 13.7 Å². The van der Waals surface area contributed by atoms with Crippen molar-refractivity contribution in [3.05, 3.63) is 170 Å². The normalized spacial score (nSPS) is 14.7. The Labute approximate surface area is 275 Å². The molecule has 1 nitrogen and oxygen atoms in total. The van der Waals surface area contributed by atoms with Crippen LogP contribution in [0.3, 0.4) is 0 Å². The van der Waals surface area contributed by atoms with Gasteiger partial charge in [0.1, 0.15) is 11.2 Å². The molecule has 0 amide bonds. The van der Waals surface area contributed by atoms with Gasteiger partial charge in [0.25, 0.3) is 0 Å². The zero-order valence-corrected chi connectivity index (χ0v) is 23.8. The molecule has 0 radical (unpaired) electrons. The van der Waals surface area contributed by atoms with Gasteiger partial charge in [0.15, 0.2) is 0 Å². The summed E-state index contributed by atoms with van der Waals surface area (Å²) in [7, 11) is 0. The molecule has 0 saturated heterocycles. The average Bonchev–Trinajstić information content (AvgIpc) is 3.58. The fourth-order valence-electron chi connectivity index (χ4n) is 6.54. The Morgan fingerprint density at radius 3 is 1.58 bits per heavy atom. The Morgan fingerprint density at radius 1 is 0.378 bits per heavy atom. The molecule has 1 heterocycles. The standard InChI is InChI=1S/C44H28O/c1-3-13-29(14-4-1)31-17-11-18-33(27-31)42-34-19-7-9-21-36(34)43(37-22-10-8-20-35(37)42)39-23-12-24-40-44(39)38-26-25-32(28-41(38)45-40)30-15-5-2-6-16-30/h1-28H/i1D,2D,3D,4D,5D,6D,13D,14D,15D,16D. The first kappa shape index (κ1) is 17.4. The zero-order valence-electron chi connectivity index (χ0n) is 33.8. The molecule has 0 bridgehead atoms. The Bertz CT molecular complexity index is 3000. The van der Waals surface area contributed by atoms with Crippen molar-refractivity contribution in [3.8, 4) is 44.5 Å². The maximum Gasteiger partial charge on any atom is 0.136 e. The van der Waals surface area contributed by atoms with Crippen molar-refractivity contribution >= 4 is 43.5 Å². The Kier molecular flexibility index (Phi) is 4.01. The van der Waals surface area contributed by atoms with Crippen LogP contribution >= 0.6 is 0 Å². The second-order valence-electron chi connectivity index (χ2n) is 10.9. The van der Waals surface area contributed by atoms with Gasteiger partial charge in [0.2, 0.25) is 0 Å². The maximum atomic E-state index is 8.62. The van der Waals surface area contributed by atoms with E-state index in [0.717, 1.165) is 54.6 Å². The molecular weight excluding hydrogens is 544 g/mol. The SMILES string of the molecule is [2H]c1c([2H])c([2H])c(-c2cccc(-c3c4ccccc4c(-c4cccc5oc6cc(-c7c([2H])c([2H])c([2H])c([2H])c7[2H])ccc6c45)c4ccccc34)c2)c([2H])c1[2H]. The minimum Gasteiger partial charge on any atom is -0.456 e. The molecule has 0 aliphatic carbocycles. The predicted molar refractivity (Wildman–Crippen MR) is 190 cm³/mol. The van der Waals surface area contributed by atoms with E-state index in [1.165, 1.54) is 0 Å². The van der Waals surface area contributed by atoms with Crippen LogP contribution in [0.5, 0.6) is 0 Å². The summed E-state index contributed by atoms with van der Waals surface area (Å²) in [6.45, 7) is 0. The molecule has 0 unspecified atom stereocenters. The van der Waals surface area contributed by atoms with Crippen molar-refractivity contribution in [2.24, 2.45) is 0 Å². The lowest BCUT2D eigenvalue weighted by Gasteiger charge is -2.18. The van der Waals surface area contributed by atoms with Gasteiger partial charge in [-0.15, -0.1) is 0 Å². The topological polar surface area (TPSA) is 13.1 Å². The van der Waals surface area contributed by atoms with Crippen LogP contribution in [0.4, 0.5) is 0 Å². The lowest BCUT2D eigenvalue weighted by molar-refractivity contribution is 0.669. The summed E-state index contributed by atoms with van der Waals surface area (Å²) in [4.78, 5) is 0. The van der Waals surface area contributed by atoms with E-state index in [1.54, 1.807) is 18.2 Å². The van der Waals surface area contributed by atoms with E-state index < -0.39 is 24.2 Å². The second-order valence-corrected chi connectivity index (χ2v) is 10.9. The fraction of sp³-hybridized carbons (Fsp3) is 0. The molecule has 0 aliphatic heterocycles. The third-order valence-corrected chi connectivity index (χ3v) is 8.43. The minimum atomic E-state index is -0.444. The number of rotatable bonds is 4. The average molecular weight is 583 g/mol. The highest BCUT2D eigenvalue weighted by Crippen LogP contribution is 2.47. The maximum absolute atomic E-state index is 8.62. The summed E-state index contributed by atoms with van der Waals surface area (Å²) in [5, 5.41) is 5.55. The largest absolute Gasteiger partial charge is 0.456 e. The van der Waals surface area contributed by atoms with Crippen LogP contribution in [0.15, 0.2) is 174 Å². The van der Waals surface area contributed by atoms with Crippen molar-refractivity contribution in [1.82, 2.24) is 0 Å². The lowest BCUT2D eigenvalue weighted by atomic mass is 9.84. The first-order valence-corrected chi connectivity index (χ1v) is 14.6. The number of hydrogen-bond acceptors (Lipinski definition) is 1. The van der Waals surface area contributed by atoms with E-state index in [0.29, 0.717) is 22.3 Å². The van der Waals surface area contributed by atoms with E-state index in [1.807, 2.05) is 60.7 Å². The highest BCUT2D eigenvalue weighted by molar-refractivity contribution is 6.25. The monoisotopic (exact) mass is 582 g/mol. The highest BCUT2D eigenvalue weighted by Gasteiger charge is 2.20. The molecule has 45 heavy (non-hydrogen) atoms. The van der Waals surface area contributed by atoms with Crippen LogP contribution in [0.2, 0.25) is 0 Å². The van der Waals surface area contributed by atoms with E-state index in [9.17, 15) is 0 Å². The first-order valence-electron chi connectivity index (χ1n) is 19.6. The molecule has 1 heteroatoms. The van der Waals surface area contributed by atoms with E-state index >= 15 is 0 Å². The molecule has 0 atom stereocenters. The molecule has 0 saturated carbocycles. The summed E-state index contributed by atoms with van der Waals surface area (Å²) in [6.07, 6.45) is 0. The number of benzene rings is 8. The predicted octanol–water partition coefficient (Wildman–Crippen LogP) is 12.6. The molecule has 0 fully saturated rings. The Balaban J connectivity index is 1.29. The van der Waals surface area contributed by atoms with Crippen LogP contribution < -0.4 is 0 Å². The van der Waals surface area contributed by atoms with E-state index in [-0.39, 0.29) is 47.4 Å². The molecule has 8 aromatic carbocycles. The molecule has 9 aromatic rings. The third-order valence-electron chi connectivity index (χ3n) is 8.43. The molecule has 1 aromatic heterocycles. The van der Waals surface area contributed by atoms with E-state index in [2.05, 4.69) is 30.3 Å². The van der Waals surface area contributed by atoms with Gasteiger partial charge in [-0.2, -0.15) is 0 Å². The van der Waals surface area contributed by atoms with Crippen LogP contribution in [0.25, 0.3) is 88.0 Å². The van der Waals surface area contributed by atoms with Crippen molar-refractivity contribution < 1.29 is 18.1 Å². The summed E-state index contributed by atoms with van der Waals surface area (Å²) in [5.74, 6) is 0. The quantitative estimate of drug-likeness (QED) is 0.188. The van der Waals surface area contributed by atoms with Crippen molar-refractivity contribution in [2.45, 2.75) is 0 Å². The van der Waals surface area contributed by atoms with E-state index in [4.69, 9.17) is 18.1 Å². The van der Waals surface area contributed by atoms with Crippen molar-refractivity contribution in [2.75, 3.05) is 0 Å². The number of furan rings is 1. The molecule has 0 N–H and O–H groups in total. The van der Waals surface area contributed by atoms with Crippen LogP contribution in [0, 0.1) is 0 Å². The Hall–Kier alpha value is -5.92. The summed E-state index contributed by atoms with van der Waals surface area (Å²) < 4.78 is 89.7. The van der Waals surface area contributed by atoms with Gasteiger partial charge in [0, 0.05) is 10.8 Å². The van der Waals surface area contributed by atoms with Crippen molar-refractivity contribution in [1.29, 1.82) is 0 Å². The molecule has 9 rings (SSSR count). The zero-order chi connectivity index (χ0) is 38.4. The lowest BCUT2D eigenvalue weighted by Crippen LogP contribution is -1.91. The summed E-state index contributed by atoms with van der Waals surface area (Å²) in [5.41, 5.74) is 6.06. The van der Waals surface area contributed by atoms with Crippen molar-refractivity contribution in [3.63, 3.8) is 0 Å². The minimum absolute atomic E-state index is 0.108. The van der Waals surface area contributed by atoms with Gasteiger partial charge < -0.3 is 4.42 Å². The van der Waals surface area contributed by atoms with Crippen LogP contribution in [-0.2, 0) is 0 Å². The summed E-state index contributed by atoms with van der Waals surface area (Å²) >= 11 is 0. The summed E-state index contributed by atoms with van der Waals surface area (Å²) in [6, 6.07) is 31.5. The van der Waals surface area contributed by atoms with Gasteiger partial charge in [-0.25, -0.2) is 0 Å². The van der Waals surface area contributed by atoms with Gasteiger partial charge in [-0.1, -0.05) is 145 Å². The first-order chi connectivity index (χ1) is 26.5. The van der Waals surface area contributed by atoms with Gasteiger partial charge >= 0.3 is 0 Å². The van der Waals surface area contributed by atoms with Crippen LogP contribution in [-0.4, -0.2) is 0 Å². The Morgan fingerprint density at radius 2 is 0.933 bits per heavy atom. The number of hydrogen-bond donors (Lipinski definition) is 0. The number of fused-ring (bicyclic) bond motifs is 5. The molecular formula is C44H28O. The van der Waals surface area contributed by atoms with Gasteiger partial charge in [-0.05, 0) is 90.3 Å².